The summed E-state index contributed by atoms with van der Waals surface area (Å²) in [6.07, 6.45) is -1.49. The summed E-state index contributed by atoms with van der Waals surface area (Å²) in [7, 11) is 0. The smallest absolute Gasteiger partial charge is 0.328 e. The Hall–Kier alpha value is -0.730. The van der Waals surface area contributed by atoms with Gasteiger partial charge >= 0.3 is 5.97 Å². The summed E-state index contributed by atoms with van der Waals surface area (Å²) in [5.74, 6) is -1.19. The number of aliphatic carboxylic acids is 1. The Morgan fingerprint density at radius 1 is 1.71 bits per heavy atom. The normalized spacial score (nSPS) is 13.2. The van der Waals surface area contributed by atoms with Crippen LogP contribution < -0.4 is 0 Å². The van der Waals surface area contributed by atoms with E-state index in [2.05, 4.69) is 5.10 Å². The fourth-order valence-electron chi connectivity index (χ4n) is 0.968. The van der Waals surface area contributed by atoms with E-state index in [0.29, 0.717) is 0 Å². The van der Waals surface area contributed by atoms with Crippen LogP contribution >= 0.6 is 22.6 Å². The summed E-state index contributed by atoms with van der Waals surface area (Å²) < 4.78 is 26.1. The monoisotopic (exact) mass is 316 g/mol. The van der Waals surface area contributed by atoms with Gasteiger partial charge in [-0.3, -0.25) is 0 Å². The molecule has 0 aliphatic carbocycles. The molecule has 1 aromatic rings. The van der Waals surface area contributed by atoms with Gasteiger partial charge in [0.2, 0.25) is 0 Å². The Morgan fingerprint density at radius 2 is 2.29 bits per heavy atom. The fraction of sp³-hybridized carbons (Fsp3) is 0.429. The lowest BCUT2D eigenvalue weighted by Gasteiger charge is -2.10. The zero-order valence-corrected chi connectivity index (χ0v) is 9.27. The summed E-state index contributed by atoms with van der Waals surface area (Å²) in [6, 6.07) is -1.08. The maximum absolute atomic E-state index is 12.5. The van der Waals surface area contributed by atoms with Crippen LogP contribution in [0.25, 0.3) is 0 Å². The van der Waals surface area contributed by atoms with Crippen molar-refractivity contribution in [1.29, 1.82) is 0 Å². The van der Waals surface area contributed by atoms with Crippen molar-refractivity contribution in [1.82, 2.24) is 9.78 Å². The zero-order chi connectivity index (χ0) is 10.9. The first-order valence-electron chi connectivity index (χ1n) is 3.69. The van der Waals surface area contributed by atoms with Crippen LogP contribution in [0.4, 0.5) is 8.78 Å². The summed E-state index contributed by atoms with van der Waals surface area (Å²) in [4.78, 5) is 10.6. The Balaban J connectivity index is 3.15. The van der Waals surface area contributed by atoms with Crippen LogP contribution in [0.15, 0.2) is 6.20 Å². The largest absolute Gasteiger partial charge is 0.480 e. The zero-order valence-electron chi connectivity index (χ0n) is 7.12. The molecule has 0 aromatic carbocycles. The topological polar surface area (TPSA) is 55.1 Å². The number of halogens is 3. The predicted octanol–water partition coefficient (Wildman–Crippen LogP) is 2.07. The molecule has 0 radical (unpaired) electrons. The number of carbonyl (C=O) groups is 1. The number of carboxylic acids is 1. The molecule has 0 bridgehead atoms. The van der Waals surface area contributed by atoms with Crippen molar-refractivity contribution in [2.45, 2.75) is 19.4 Å². The highest BCUT2D eigenvalue weighted by molar-refractivity contribution is 14.1. The Bertz CT molecular complexity index is 353. The number of nitrogens with zero attached hydrogens (tertiary/aromatic N) is 2. The molecule has 0 aliphatic heterocycles. The molecule has 0 unspecified atom stereocenters. The molecule has 0 saturated carbocycles. The fourth-order valence-corrected chi connectivity index (χ4v) is 1.58. The van der Waals surface area contributed by atoms with Crippen molar-refractivity contribution in [3.05, 3.63) is 15.5 Å². The summed E-state index contributed by atoms with van der Waals surface area (Å²) >= 11 is 1.70. The maximum atomic E-state index is 12.5. The van der Waals surface area contributed by atoms with Gasteiger partial charge in [-0.05, 0) is 29.5 Å². The SMILES string of the molecule is C[C@@H](C(=O)O)n1ncc(I)c1C(F)F. The van der Waals surface area contributed by atoms with Crippen molar-refractivity contribution < 1.29 is 18.7 Å². The minimum absolute atomic E-state index is 0.269. The van der Waals surface area contributed by atoms with Gasteiger partial charge in [-0.2, -0.15) is 5.10 Å². The van der Waals surface area contributed by atoms with E-state index < -0.39 is 18.4 Å². The van der Waals surface area contributed by atoms with E-state index in [1.165, 1.54) is 13.1 Å². The van der Waals surface area contributed by atoms with Gasteiger partial charge in [0.1, 0.15) is 11.7 Å². The van der Waals surface area contributed by atoms with Gasteiger partial charge in [-0.1, -0.05) is 0 Å². The van der Waals surface area contributed by atoms with E-state index in [0.717, 1.165) is 4.68 Å². The van der Waals surface area contributed by atoms with Crippen LogP contribution in [0.2, 0.25) is 0 Å². The molecular formula is C7H7F2IN2O2. The third-order valence-corrected chi connectivity index (χ3v) is 2.55. The molecular weight excluding hydrogens is 309 g/mol. The van der Waals surface area contributed by atoms with E-state index in [9.17, 15) is 13.6 Å². The van der Waals surface area contributed by atoms with Crippen LogP contribution in [-0.4, -0.2) is 20.9 Å². The minimum Gasteiger partial charge on any atom is -0.480 e. The van der Waals surface area contributed by atoms with Gasteiger partial charge in [0, 0.05) is 0 Å². The highest BCUT2D eigenvalue weighted by Gasteiger charge is 2.24. The first-order chi connectivity index (χ1) is 6.45. The molecule has 0 spiro atoms. The Kier molecular flexibility index (Phi) is 3.40. The van der Waals surface area contributed by atoms with Crippen molar-refractivity contribution >= 4 is 28.6 Å². The Morgan fingerprint density at radius 3 is 2.71 bits per heavy atom. The van der Waals surface area contributed by atoms with E-state index >= 15 is 0 Å². The van der Waals surface area contributed by atoms with E-state index in [4.69, 9.17) is 5.11 Å². The lowest BCUT2D eigenvalue weighted by molar-refractivity contribution is -0.140. The van der Waals surface area contributed by atoms with Crippen molar-refractivity contribution in [3.63, 3.8) is 0 Å². The van der Waals surface area contributed by atoms with Crippen LogP contribution in [0, 0.1) is 3.57 Å². The van der Waals surface area contributed by atoms with Gasteiger partial charge in [0.05, 0.1) is 9.77 Å². The molecule has 7 heteroatoms. The number of alkyl halides is 2. The number of rotatable bonds is 3. The van der Waals surface area contributed by atoms with Crippen molar-refractivity contribution in [2.75, 3.05) is 0 Å². The highest BCUT2D eigenvalue weighted by Crippen LogP contribution is 2.26. The minimum atomic E-state index is -2.72. The van der Waals surface area contributed by atoms with Gasteiger partial charge in [0.15, 0.2) is 0 Å². The lowest BCUT2D eigenvalue weighted by atomic mass is 10.3. The van der Waals surface area contributed by atoms with E-state index in [-0.39, 0.29) is 9.26 Å². The third-order valence-electron chi connectivity index (χ3n) is 1.72. The first kappa shape index (κ1) is 11.3. The van der Waals surface area contributed by atoms with Crippen molar-refractivity contribution in [3.8, 4) is 0 Å². The second-order valence-electron chi connectivity index (χ2n) is 2.64. The summed E-state index contributed by atoms with van der Waals surface area (Å²) in [6.45, 7) is 1.30. The average Bonchev–Trinajstić information content (AvgIpc) is 2.45. The van der Waals surface area contributed by atoms with Gasteiger partial charge in [-0.25, -0.2) is 18.3 Å². The van der Waals surface area contributed by atoms with Crippen molar-refractivity contribution in [2.24, 2.45) is 0 Å². The molecule has 0 amide bonds. The molecule has 1 heterocycles. The predicted molar refractivity (Wildman–Crippen MR) is 52.2 cm³/mol. The van der Waals surface area contributed by atoms with Gasteiger partial charge in [0.25, 0.3) is 6.43 Å². The molecule has 4 nitrogen and oxygen atoms in total. The number of aromatic nitrogens is 2. The number of carboxylic acid groups (broad SMARTS) is 1. The van der Waals surface area contributed by atoms with Crippen LogP contribution in [-0.2, 0) is 4.79 Å². The van der Waals surface area contributed by atoms with Crippen LogP contribution in [0.3, 0.4) is 0 Å². The molecule has 1 N–H and O–H groups in total. The molecule has 78 valence electrons. The molecule has 1 aromatic heterocycles. The van der Waals surface area contributed by atoms with Gasteiger partial charge < -0.3 is 5.11 Å². The number of hydrogen-bond donors (Lipinski definition) is 1. The molecule has 0 fully saturated rings. The maximum Gasteiger partial charge on any atom is 0.328 e. The molecule has 1 rings (SSSR count). The summed E-state index contributed by atoms with van der Waals surface area (Å²) in [5, 5.41) is 12.2. The molecule has 0 saturated heterocycles. The van der Waals surface area contributed by atoms with E-state index in [1.54, 1.807) is 22.6 Å². The average molecular weight is 316 g/mol. The lowest BCUT2D eigenvalue weighted by Crippen LogP contribution is -2.19. The van der Waals surface area contributed by atoms with Crippen LogP contribution in [0.5, 0.6) is 0 Å². The van der Waals surface area contributed by atoms with E-state index in [1.807, 2.05) is 0 Å². The molecule has 0 aliphatic rings. The third kappa shape index (κ3) is 2.02. The Labute approximate surface area is 92.0 Å². The second-order valence-corrected chi connectivity index (χ2v) is 3.80. The number of hydrogen-bond acceptors (Lipinski definition) is 2. The highest BCUT2D eigenvalue weighted by atomic mass is 127. The standard InChI is InChI=1S/C7H7F2IN2O2/c1-3(7(13)14)12-5(6(8)9)4(10)2-11-12/h2-3,6H,1H3,(H,13,14)/t3-/m0/s1. The quantitative estimate of drug-likeness (QED) is 0.869. The molecule has 14 heavy (non-hydrogen) atoms. The first-order valence-corrected chi connectivity index (χ1v) is 4.77. The summed E-state index contributed by atoms with van der Waals surface area (Å²) in [5.41, 5.74) is -0.347. The molecule has 1 atom stereocenters. The van der Waals surface area contributed by atoms with Gasteiger partial charge in [-0.15, -0.1) is 0 Å². The van der Waals surface area contributed by atoms with Crippen LogP contribution in [0.1, 0.15) is 25.1 Å². The second kappa shape index (κ2) is 4.20.